The van der Waals surface area contributed by atoms with Crippen LogP contribution in [0.5, 0.6) is 0 Å². The van der Waals surface area contributed by atoms with Gasteiger partial charge in [-0.2, -0.15) is 0 Å². The molecule has 6 atom stereocenters. The molecule has 0 amide bonds. The lowest BCUT2D eigenvalue weighted by molar-refractivity contribution is -0.161. The Hall–Kier alpha value is -1.94. The van der Waals surface area contributed by atoms with Crippen molar-refractivity contribution in [2.24, 2.45) is 5.92 Å². The average Bonchev–Trinajstić information content (AvgIpc) is 0.945. The van der Waals surface area contributed by atoms with E-state index in [0.717, 1.165) is 95.8 Å². The van der Waals surface area contributed by atoms with Gasteiger partial charge in [-0.05, 0) is 31.6 Å². The quantitative estimate of drug-likeness (QED) is 0.0222. The average molecular weight is 1510 g/mol. The number of unbranched alkanes of at least 4 members (excludes halogenated alkanes) is 55. The van der Waals surface area contributed by atoms with Crippen molar-refractivity contribution in [2.45, 2.75) is 470 Å². The van der Waals surface area contributed by atoms with Crippen molar-refractivity contribution < 1.29 is 80.2 Å². The molecule has 3 unspecified atom stereocenters. The summed E-state index contributed by atoms with van der Waals surface area (Å²) in [6.07, 6.45) is 69.2. The summed E-state index contributed by atoms with van der Waals surface area (Å²) in [5, 5.41) is 10.7. The molecule has 0 rings (SSSR count). The fourth-order valence-corrected chi connectivity index (χ4v) is 14.7. The van der Waals surface area contributed by atoms with Crippen LogP contribution in [0.3, 0.4) is 0 Å². The number of carbonyl (C=O) groups is 4. The Kier molecular flexibility index (Phi) is 75.4. The first-order valence-corrected chi connectivity index (χ1v) is 46.7. The zero-order chi connectivity index (χ0) is 75.5. The molecule has 17 nitrogen and oxygen atoms in total. The van der Waals surface area contributed by atoms with E-state index in [2.05, 4.69) is 34.6 Å². The van der Waals surface area contributed by atoms with Crippen LogP contribution in [0.25, 0.3) is 0 Å². The topological polar surface area (TPSA) is 237 Å². The largest absolute Gasteiger partial charge is 0.472 e. The van der Waals surface area contributed by atoms with Crippen LogP contribution in [0.15, 0.2) is 0 Å². The van der Waals surface area contributed by atoms with Gasteiger partial charge in [0.15, 0.2) is 12.2 Å². The Morgan fingerprint density at radius 2 is 0.466 bits per heavy atom. The zero-order valence-electron chi connectivity index (χ0n) is 67.5. The van der Waals surface area contributed by atoms with E-state index < -0.39 is 97.5 Å². The minimum atomic E-state index is -4.96. The van der Waals surface area contributed by atoms with Crippen LogP contribution in [0.1, 0.15) is 452 Å². The predicted molar refractivity (Wildman–Crippen MR) is 423 cm³/mol. The molecule has 0 spiro atoms. The number of aliphatic hydroxyl groups excluding tert-OH is 1. The van der Waals surface area contributed by atoms with Crippen molar-refractivity contribution in [3.8, 4) is 0 Å². The summed E-state index contributed by atoms with van der Waals surface area (Å²) in [5.41, 5.74) is 0. The summed E-state index contributed by atoms with van der Waals surface area (Å²) < 4.78 is 68.8. The highest BCUT2D eigenvalue weighted by Gasteiger charge is 2.30. The standard InChI is InChI=1S/C84H164O17P2/c1-6-10-13-16-19-22-25-27-29-35-39-43-48-53-58-63-68-82(87)95-74-80(101-84(89)70-65-60-55-50-45-40-36-33-31-30-32-34-37-42-46-51-56-61-66-77(5)9-4)76-99-103(92,93)97-72-78(85)71-96-102(90,91)98-75-79(73-94-81(86)67-62-57-52-47-41-24-21-18-15-12-8-3)100-83(88)69-64-59-54-49-44-38-28-26-23-20-17-14-11-7-2/h77-80,85H,6-76H2,1-5H3,(H,90,91)(H,92,93)/t77?,78-,79+,80+/m0/s1. The van der Waals surface area contributed by atoms with Crippen LogP contribution in [0, 0.1) is 5.92 Å². The minimum Gasteiger partial charge on any atom is -0.462 e. The molecule has 103 heavy (non-hydrogen) atoms. The van der Waals surface area contributed by atoms with Gasteiger partial charge < -0.3 is 33.8 Å². The smallest absolute Gasteiger partial charge is 0.462 e. The molecule has 0 fully saturated rings. The number of esters is 4. The monoisotopic (exact) mass is 1510 g/mol. The summed E-state index contributed by atoms with van der Waals surface area (Å²) in [5.74, 6) is -1.23. The highest BCUT2D eigenvalue weighted by Crippen LogP contribution is 2.45. The molecule has 19 heteroatoms. The lowest BCUT2D eigenvalue weighted by Gasteiger charge is -2.21. The second-order valence-electron chi connectivity index (χ2n) is 30.5. The molecule has 3 N–H and O–H groups in total. The summed E-state index contributed by atoms with van der Waals surface area (Å²) in [6.45, 7) is 7.42. The van der Waals surface area contributed by atoms with E-state index in [0.29, 0.717) is 25.7 Å². The molecule has 0 aliphatic carbocycles. The molecule has 0 bridgehead atoms. The SMILES string of the molecule is CCCCCCCCCCCCCCCCCCC(=O)OC[C@H](COP(=O)(O)OC[C@@H](O)COP(=O)(O)OC[C@@H](COC(=O)CCCCCCCCCCCCC)OC(=O)CCCCCCCCCCCCCCCC)OC(=O)CCCCCCCCCCCCCCCCCCCCC(C)CC. The maximum Gasteiger partial charge on any atom is 0.472 e. The molecule has 0 aromatic carbocycles. The number of ether oxygens (including phenoxy) is 4. The summed E-state index contributed by atoms with van der Waals surface area (Å²) in [4.78, 5) is 73.1. The highest BCUT2D eigenvalue weighted by molar-refractivity contribution is 7.47. The first-order valence-electron chi connectivity index (χ1n) is 43.7. The number of phosphoric acid groups is 2. The Bertz CT molecular complexity index is 1960. The fraction of sp³-hybridized carbons (Fsp3) is 0.952. The molecule has 0 aliphatic heterocycles. The number of hydrogen-bond acceptors (Lipinski definition) is 15. The number of carbonyl (C=O) groups excluding carboxylic acids is 4. The van der Waals surface area contributed by atoms with E-state index in [1.54, 1.807) is 0 Å². The van der Waals surface area contributed by atoms with Crippen LogP contribution < -0.4 is 0 Å². The molecule has 0 saturated heterocycles. The number of phosphoric ester groups is 2. The predicted octanol–water partition coefficient (Wildman–Crippen LogP) is 25.6. The van der Waals surface area contributed by atoms with Crippen LogP contribution in [-0.4, -0.2) is 96.7 Å². The fourth-order valence-electron chi connectivity index (χ4n) is 13.1. The van der Waals surface area contributed by atoms with Crippen LogP contribution >= 0.6 is 15.6 Å². The van der Waals surface area contributed by atoms with Gasteiger partial charge in [0, 0.05) is 25.7 Å². The van der Waals surface area contributed by atoms with Gasteiger partial charge in [0.25, 0.3) is 0 Å². The van der Waals surface area contributed by atoms with Gasteiger partial charge in [0.1, 0.15) is 19.3 Å². The molecular formula is C84H164O17P2. The number of hydrogen-bond donors (Lipinski definition) is 3. The normalized spacial score (nSPS) is 14.1. The third-order valence-corrected chi connectivity index (χ3v) is 22.0. The molecule has 0 saturated carbocycles. The zero-order valence-corrected chi connectivity index (χ0v) is 69.3. The highest BCUT2D eigenvalue weighted by atomic mass is 31.2. The van der Waals surface area contributed by atoms with Gasteiger partial charge in [-0.1, -0.05) is 401 Å². The third-order valence-electron chi connectivity index (χ3n) is 20.1. The lowest BCUT2D eigenvalue weighted by atomic mass is 9.99. The minimum absolute atomic E-state index is 0.109. The maximum absolute atomic E-state index is 13.1. The van der Waals surface area contributed by atoms with Crippen LogP contribution in [-0.2, 0) is 65.4 Å². The molecule has 612 valence electrons. The second-order valence-corrected chi connectivity index (χ2v) is 33.4. The summed E-state index contributed by atoms with van der Waals surface area (Å²) >= 11 is 0. The van der Waals surface area contributed by atoms with E-state index in [-0.39, 0.29) is 25.7 Å². The Balaban J connectivity index is 5.22. The molecule has 0 aromatic rings. The van der Waals surface area contributed by atoms with Crippen molar-refractivity contribution in [1.29, 1.82) is 0 Å². The molecule has 0 heterocycles. The maximum atomic E-state index is 13.1. The second kappa shape index (κ2) is 76.8. The molecule has 0 aliphatic rings. The van der Waals surface area contributed by atoms with E-state index in [1.165, 1.54) is 276 Å². The Morgan fingerprint density at radius 1 is 0.272 bits per heavy atom. The van der Waals surface area contributed by atoms with E-state index in [9.17, 15) is 43.2 Å². The van der Waals surface area contributed by atoms with Crippen molar-refractivity contribution >= 4 is 39.5 Å². The Morgan fingerprint density at radius 3 is 0.689 bits per heavy atom. The van der Waals surface area contributed by atoms with E-state index >= 15 is 0 Å². The molecule has 0 radical (unpaired) electrons. The van der Waals surface area contributed by atoms with Crippen molar-refractivity contribution in [2.75, 3.05) is 39.6 Å². The van der Waals surface area contributed by atoms with Gasteiger partial charge in [-0.25, -0.2) is 9.13 Å². The van der Waals surface area contributed by atoms with Gasteiger partial charge in [0.05, 0.1) is 26.4 Å². The number of rotatable bonds is 84. The van der Waals surface area contributed by atoms with Crippen molar-refractivity contribution in [3.63, 3.8) is 0 Å². The summed E-state index contributed by atoms with van der Waals surface area (Å²) in [7, 11) is -9.92. The van der Waals surface area contributed by atoms with Crippen LogP contribution in [0.4, 0.5) is 0 Å². The first-order chi connectivity index (χ1) is 50.1. The van der Waals surface area contributed by atoms with Gasteiger partial charge in [0.2, 0.25) is 0 Å². The molecule has 0 aromatic heterocycles. The van der Waals surface area contributed by atoms with Crippen molar-refractivity contribution in [1.82, 2.24) is 0 Å². The molecular weight excluding hydrogens is 1340 g/mol. The van der Waals surface area contributed by atoms with Crippen molar-refractivity contribution in [3.05, 3.63) is 0 Å². The first kappa shape index (κ1) is 101. The van der Waals surface area contributed by atoms with E-state index in [1.807, 2.05) is 0 Å². The van der Waals surface area contributed by atoms with Crippen LogP contribution in [0.2, 0.25) is 0 Å². The lowest BCUT2D eigenvalue weighted by Crippen LogP contribution is -2.30. The van der Waals surface area contributed by atoms with Gasteiger partial charge in [-0.3, -0.25) is 37.3 Å². The number of aliphatic hydroxyl groups is 1. The third kappa shape index (κ3) is 76.6. The van der Waals surface area contributed by atoms with E-state index in [4.69, 9.17) is 37.0 Å². The van der Waals surface area contributed by atoms with Gasteiger partial charge >= 0.3 is 39.5 Å². The Labute approximate surface area is 632 Å². The summed E-state index contributed by atoms with van der Waals surface area (Å²) in [6, 6.07) is 0. The van der Waals surface area contributed by atoms with Gasteiger partial charge in [-0.15, -0.1) is 0 Å².